The highest BCUT2D eigenvalue weighted by Crippen LogP contribution is 2.36. The van der Waals surface area contributed by atoms with Gasteiger partial charge in [-0.3, -0.25) is 4.79 Å². The summed E-state index contributed by atoms with van der Waals surface area (Å²) in [5.41, 5.74) is 2.40. The largest absolute Gasteiger partial charge is 0.497 e. The average Bonchev–Trinajstić information content (AvgIpc) is 2.87. The number of para-hydroxylation sites is 1. The van der Waals surface area contributed by atoms with Gasteiger partial charge in [-0.2, -0.15) is 5.26 Å². The zero-order valence-corrected chi connectivity index (χ0v) is 20.2. The van der Waals surface area contributed by atoms with Gasteiger partial charge in [-0.15, -0.1) is 0 Å². The number of benzene rings is 2. The third-order valence-corrected chi connectivity index (χ3v) is 6.31. The van der Waals surface area contributed by atoms with Crippen LogP contribution in [0.3, 0.4) is 0 Å². The molecule has 0 aliphatic heterocycles. The van der Waals surface area contributed by atoms with Gasteiger partial charge in [-0.25, -0.2) is 14.8 Å². The third kappa shape index (κ3) is 4.88. The first kappa shape index (κ1) is 24.0. The summed E-state index contributed by atoms with van der Waals surface area (Å²) in [5.74, 6) is 0.846. The van der Waals surface area contributed by atoms with Crippen LogP contribution in [0.1, 0.15) is 34.4 Å². The van der Waals surface area contributed by atoms with Gasteiger partial charge in [0.05, 0.1) is 47.2 Å². The molecular formula is C26H22N4O4S. The summed E-state index contributed by atoms with van der Waals surface area (Å²) < 4.78 is 10.5. The summed E-state index contributed by atoms with van der Waals surface area (Å²) in [6.45, 7) is 3.63. The van der Waals surface area contributed by atoms with E-state index >= 15 is 0 Å². The maximum atomic E-state index is 12.9. The summed E-state index contributed by atoms with van der Waals surface area (Å²) in [7, 11) is 1.57. The molecule has 0 spiro atoms. The lowest BCUT2D eigenvalue weighted by Crippen LogP contribution is -2.13. The lowest BCUT2D eigenvalue weighted by molar-refractivity contribution is 0.0525. The summed E-state index contributed by atoms with van der Waals surface area (Å²) in [6.07, 6.45) is 0. The Hall–Kier alpha value is -4.16. The van der Waals surface area contributed by atoms with Crippen LogP contribution in [0, 0.1) is 18.3 Å². The number of H-pyrrole nitrogens is 1. The van der Waals surface area contributed by atoms with Gasteiger partial charge in [0.2, 0.25) is 0 Å². The fourth-order valence-corrected chi connectivity index (χ4v) is 4.63. The number of rotatable bonds is 7. The first-order chi connectivity index (χ1) is 17.0. The molecule has 2 aromatic heterocycles. The monoisotopic (exact) mass is 486 g/mol. The van der Waals surface area contributed by atoms with Crippen molar-refractivity contribution in [3.8, 4) is 22.9 Å². The van der Waals surface area contributed by atoms with E-state index in [-0.39, 0.29) is 29.0 Å². The van der Waals surface area contributed by atoms with Crippen molar-refractivity contribution in [3.63, 3.8) is 0 Å². The number of nitrogens with zero attached hydrogens (tertiary/aromatic N) is 3. The Morgan fingerprint density at radius 2 is 1.89 bits per heavy atom. The number of pyridine rings is 1. The van der Waals surface area contributed by atoms with Crippen molar-refractivity contribution in [2.24, 2.45) is 0 Å². The van der Waals surface area contributed by atoms with E-state index in [1.54, 1.807) is 63.4 Å². The maximum absolute atomic E-state index is 12.9. The molecule has 0 radical (unpaired) electrons. The number of hydrogen-bond donors (Lipinski definition) is 1. The smallest absolute Gasteiger partial charge is 0.340 e. The zero-order valence-electron chi connectivity index (χ0n) is 19.4. The molecule has 0 saturated carbocycles. The lowest BCUT2D eigenvalue weighted by atomic mass is 9.95. The standard InChI is InChI=1S/C26H22N4O4S/c1-4-34-26(32)22-15(2)28-25(19(13-27)23(22)16-9-11-17(33-3)12-10-16)35-14-21-29-20-8-6-5-7-18(20)24(31)30-21/h5-12H,4,14H2,1-3H3,(H,29,30,31). The number of aromatic amines is 1. The van der Waals surface area contributed by atoms with Crippen LogP contribution in [-0.2, 0) is 10.5 Å². The zero-order chi connectivity index (χ0) is 24.9. The van der Waals surface area contributed by atoms with Gasteiger partial charge in [-0.05, 0) is 43.7 Å². The van der Waals surface area contributed by atoms with Crippen LogP contribution >= 0.6 is 11.8 Å². The van der Waals surface area contributed by atoms with Gasteiger partial charge in [-0.1, -0.05) is 36.0 Å². The molecule has 0 unspecified atom stereocenters. The van der Waals surface area contributed by atoms with E-state index in [0.717, 1.165) is 0 Å². The summed E-state index contributed by atoms with van der Waals surface area (Å²) >= 11 is 1.26. The number of carbonyl (C=O) groups is 1. The number of fused-ring (bicyclic) bond motifs is 1. The predicted octanol–water partition coefficient (Wildman–Crippen LogP) is 4.64. The number of thioether (sulfide) groups is 1. The molecule has 0 aliphatic rings. The molecule has 8 nitrogen and oxygen atoms in total. The van der Waals surface area contributed by atoms with Gasteiger partial charge in [0.15, 0.2) is 0 Å². The Morgan fingerprint density at radius 3 is 2.57 bits per heavy atom. The second-order valence-corrected chi connectivity index (χ2v) is 8.47. The second-order valence-electron chi connectivity index (χ2n) is 7.51. The van der Waals surface area contributed by atoms with Crippen LogP contribution in [0.25, 0.3) is 22.0 Å². The molecule has 0 fully saturated rings. The molecule has 176 valence electrons. The minimum atomic E-state index is -0.545. The first-order valence-electron chi connectivity index (χ1n) is 10.8. The number of ether oxygens (including phenoxy) is 2. The van der Waals surface area contributed by atoms with Crippen LogP contribution in [0.15, 0.2) is 58.4 Å². The molecule has 0 atom stereocenters. The highest BCUT2D eigenvalue weighted by Gasteiger charge is 2.25. The number of nitriles is 1. The van der Waals surface area contributed by atoms with Crippen molar-refractivity contribution in [2.75, 3.05) is 13.7 Å². The van der Waals surface area contributed by atoms with Crippen molar-refractivity contribution in [2.45, 2.75) is 24.6 Å². The fourth-order valence-electron chi connectivity index (χ4n) is 3.72. The van der Waals surface area contributed by atoms with Crippen molar-refractivity contribution in [1.82, 2.24) is 15.0 Å². The van der Waals surface area contributed by atoms with Gasteiger partial charge in [0.1, 0.15) is 22.7 Å². The summed E-state index contributed by atoms with van der Waals surface area (Å²) in [4.78, 5) is 37.2. The Bertz CT molecular complexity index is 1510. The highest BCUT2D eigenvalue weighted by molar-refractivity contribution is 7.98. The number of esters is 1. The Labute approximate surface area is 206 Å². The lowest BCUT2D eigenvalue weighted by Gasteiger charge is -2.16. The summed E-state index contributed by atoms with van der Waals surface area (Å²) in [5, 5.41) is 11.1. The van der Waals surface area contributed by atoms with Crippen molar-refractivity contribution < 1.29 is 14.3 Å². The third-order valence-electron chi connectivity index (χ3n) is 5.32. The van der Waals surface area contributed by atoms with Crippen molar-refractivity contribution in [3.05, 3.63) is 81.5 Å². The van der Waals surface area contributed by atoms with Crippen LogP contribution in [0.2, 0.25) is 0 Å². The molecule has 9 heteroatoms. The maximum Gasteiger partial charge on any atom is 0.340 e. The number of hydrogen-bond acceptors (Lipinski definition) is 8. The van der Waals surface area contributed by atoms with Gasteiger partial charge in [0.25, 0.3) is 5.56 Å². The van der Waals surface area contributed by atoms with E-state index in [1.165, 1.54) is 11.8 Å². The van der Waals surface area contributed by atoms with Crippen LogP contribution in [0.5, 0.6) is 5.75 Å². The average molecular weight is 487 g/mol. The van der Waals surface area contributed by atoms with Gasteiger partial charge in [0, 0.05) is 5.56 Å². The Kier molecular flexibility index (Phi) is 7.13. The normalized spacial score (nSPS) is 10.7. The van der Waals surface area contributed by atoms with E-state index in [2.05, 4.69) is 21.0 Å². The topological polar surface area (TPSA) is 118 Å². The number of aromatic nitrogens is 3. The van der Waals surface area contributed by atoms with Crippen LogP contribution < -0.4 is 10.3 Å². The molecule has 0 aliphatic carbocycles. The molecule has 2 heterocycles. The second kappa shape index (κ2) is 10.4. The van der Waals surface area contributed by atoms with Crippen LogP contribution in [0.4, 0.5) is 0 Å². The molecule has 1 N–H and O–H groups in total. The Balaban J connectivity index is 1.80. The Morgan fingerprint density at radius 1 is 1.14 bits per heavy atom. The van der Waals surface area contributed by atoms with Crippen LogP contribution in [-0.4, -0.2) is 34.6 Å². The molecular weight excluding hydrogens is 464 g/mol. The van der Waals surface area contributed by atoms with Gasteiger partial charge >= 0.3 is 5.97 Å². The fraction of sp³-hybridized carbons (Fsp3) is 0.192. The van der Waals surface area contributed by atoms with E-state index in [0.29, 0.717) is 44.3 Å². The molecule has 0 bridgehead atoms. The molecule has 4 rings (SSSR count). The SMILES string of the molecule is CCOC(=O)c1c(C)nc(SCc2nc3ccccc3c(=O)[nH]2)c(C#N)c1-c1ccc(OC)cc1. The minimum absolute atomic E-state index is 0.194. The predicted molar refractivity (Wildman–Crippen MR) is 134 cm³/mol. The van der Waals surface area contributed by atoms with E-state index in [1.807, 2.05) is 6.07 Å². The van der Waals surface area contributed by atoms with E-state index in [4.69, 9.17) is 9.47 Å². The van der Waals surface area contributed by atoms with E-state index < -0.39 is 5.97 Å². The number of nitrogens with one attached hydrogen (secondary N) is 1. The first-order valence-corrected chi connectivity index (χ1v) is 11.8. The van der Waals surface area contributed by atoms with Crippen molar-refractivity contribution in [1.29, 1.82) is 5.26 Å². The van der Waals surface area contributed by atoms with Crippen molar-refractivity contribution >= 4 is 28.6 Å². The molecule has 0 saturated heterocycles. The number of aryl methyl sites for hydroxylation is 1. The molecule has 2 aromatic carbocycles. The number of methoxy groups -OCH3 is 1. The molecule has 0 amide bonds. The quantitative estimate of drug-likeness (QED) is 0.296. The highest BCUT2D eigenvalue weighted by atomic mass is 32.2. The number of carbonyl (C=O) groups excluding carboxylic acids is 1. The van der Waals surface area contributed by atoms with E-state index in [9.17, 15) is 14.9 Å². The van der Waals surface area contributed by atoms with Gasteiger partial charge < -0.3 is 14.5 Å². The molecule has 4 aromatic rings. The summed E-state index contributed by atoms with van der Waals surface area (Å²) in [6, 6.07) is 16.4. The minimum Gasteiger partial charge on any atom is -0.497 e. The molecule has 35 heavy (non-hydrogen) atoms.